The van der Waals surface area contributed by atoms with E-state index in [1.165, 1.54) is 12.1 Å². The van der Waals surface area contributed by atoms with Gasteiger partial charge in [-0.05, 0) is 54.4 Å². The van der Waals surface area contributed by atoms with Crippen LogP contribution in [-0.2, 0) is 16.6 Å². The normalized spacial score (nSPS) is 11.1. The Balaban J connectivity index is 1.74. The molecule has 0 aliphatic heterocycles. The molecular formula is C20H19N3O3S. The first-order valence-electron chi connectivity index (χ1n) is 8.31. The molecule has 0 spiro atoms. The van der Waals surface area contributed by atoms with Gasteiger partial charge in [0.05, 0.1) is 4.90 Å². The van der Waals surface area contributed by atoms with Crippen molar-refractivity contribution in [2.24, 2.45) is 0 Å². The van der Waals surface area contributed by atoms with E-state index in [4.69, 9.17) is 0 Å². The maximum absolute atomic E-state index is 12.5. The number of hydrogen-bond donors (Lipinski definition) is 2. The highest BCUT2D eigenvalue weighted by atomic mass is 32.2. The molecule has 3 aromatic rings. The van der Waals surface area contributed by atoms with Crippen molar-refractivity contribution in [1.29, 1.82) is 0 Å². The molecule has 2 aromatic carbocycles. The van der Waals surface area contributed by atoms with Crippen LogP contribution in [0.1, 0.15) is 21.5 Å². The predicted octanol–water partition coefficient (Wildman–Crippen LogP) is 3.12. The van der Waals surface area contributed by atoms with Crippen LogP contribution in [0.4, 0.5) is 5.69 Å². The van der Waals surface area contributed by atoms with Gasteiger partial charge in [-0.2, -0.15) is 0 Å². The van der Waals surface area contributed by atoms with Gasteiger partial charge in [0.15, 0.2) is 0 Å². The number of pyridine rings is 1. The van der Waals surface area contributed by atoms with E-state index in [9.17, 15) is 13.2 Å². The van der Waals surface area contributed by atoms with Gasteiger partial charge in [-0.3, -0.25) is 9.78 Å². The first kappa shape index (κ1) is 18.8. The second-order valence-corrected chi connectivity index (χ2v) is 7.80. The van der Waals surface area contributed by atoms with Crippen LogP contribution in [-0.4, -0.2) is 19.3 Å². The van der Waals surface area contributed by atoms with Gasteiger partial charge in [0.2, 0.25) is 10.0 Å². The third-order valence-electron chi connectivity index (χ3n) is 3.87. The van der Waals surface area contributed by atoms with Crippen LogP contribution < -0.4 is 10.0 Å². The van der Waals surface area contributed by atoms with Crippen LogP contribution in [0.25, 0.3) is 0 Å². The Morgan fingerprint density at radius 3 is 2.59 bits per heavy atom. The Hall–Kier alpha value is -3.03. The highest BCUT2D eigenvalue weighted by Gasteiger charge is 2.16. The van der Waals surface area contributed by atoms with Crippen molar-refractivity contribution < 1.29 is 13.2 Å². The van der Waals surface area contributed by atoms with Gasteiger partial charge in [-0.15, -0.1) is 0 Å². The molecule has 0 aliphatic rings. The zero-order valence-electron chi connectivity index (χ0n) is 14.7. The molecule has 27 heavy (non-hydrogen) atoms. The molecule has 1 heterocycles. The summed E-state index contributed by atoms with van der Waals surface area (Å²) < 4.78 is 27.6. The van der Waals surface area contributed by atoms with Gasteiger partial charge in [-0.1, -0.05) is 24.3 Å². The number of nitrogens with zero attached hydrogens (tertiary/aromatic N) is 1. The molecule has 0 aliphatic carbocycles. The van der Waals surface area contributed by atoms with E-state index in [1.54, 1.807) is 42.7 Å². The van der Waals surface area contributed by atoms with E-state index >= 15 is 0 Å². The molecule has 2 N–H and O–H groups in total. The first-order valence-corrected chi connectivity index (χ1v) is 9.79. The molecule has 6 nitrogen and oxygen atoms in total. The van der Waals surface area contributed by atoms with E-state index in [2.05, 4.69) is 15.0 Å². The molecule has 0 saturated heterocycles. The van der Waals surface area contributed by atoms with Crippen molar-refractivity contribution in [3.05, 3.63) is 89.7 Å². The molecule has 0 atom stereocenters. The second kappa shape index (κ2) is 8.11. The SMILES string of the molecule is Cc1cccc(NC(=O)c2cccc(S(=O)(=O)NCc3cccnc3)c2)c1. The molecule has 0 radical (unpaired) electrons. The maximum Gasteiger partial charge on any atom is 0.255 e. The molecule has 138 valence electrons. The summed E-state index contributed by atoms with van der Waals surface area (Å²) in [5.74, 6) is -0.370. The summed E-state index contributed by atoms with van der Waals surface area (Å²) in [4.78, 5) is 16.4. The van der Waals surface area contributed by atoms with Gasteiger partial charge in [0.25, 0.3) is 5.91 Å². The van der Waals surface area contributed by atoms with Crippen LogP contribution in [0, 0.1) is 6.92 Å². The van der Waals surface area contributed by atoms with Crippen LogP contribution >= 0.6 is 0 Å². The van der Waals surface area contributed by atoms with Crippen molar-refractivity contribution in [2.45, 2.75) is 18.4 Å². The lowest BCUT2D eigenvalue weighted by atomic mass is 10.2. The first-order chi connectivity index (χ1) is 12.9. The minimum atomic E-state index is -3.75. The number of hydrogen-bond acceptors (Lipinski definition) is 4. The van der Waals surface area contributed by atoms with Crippen LogP contribution in [0.2, 0.25) is 0 Å². The predicted molar refractivity (Wildman–Crippen MR) is 104 cm³/mol. The fraction of sp³-hybridized carbons (Fsp3) is 0.100. The number of benzene rings is 2. The monoisotopic (exact) mass is 381 g/mol. The number of rotatable bonds is 6. The second-order valence-electron chi connectivity index (χ2n) is 6.04. The highest BCUT2D eigenvalue weighted by molar-refractivity contribution is 7.89. The van der Waals surface area contributed by atoms with Crippen molar-refractivity contribution in [3.8, 4) is 0 Å². The molecule has 3 rings (SSSR count). The summed E-state index contributed by atoms with van der Waals surface area (Å²) in [5, 5.41) is 2.77. The Bertz CT molecular complexity index is 1050. The standard InChI is InChI=1S/C20H19N3O3S/c1-15-5-2-8-18(11-15)23-20(24)17-7-3-9-19(12-17)27(25,26)22-14-16-6-4-10-21-13-16/h2-13,22H,14H2,1H3,(H,23,24). The zero-order valence-corrected chi connectivity index (χ0v) is 15.5. The maximum atomic E-state index is 12.5. The Kier molecular flexibility index (Phi) is 5.63. The van der Waals surface area contributed by atoms with E-state index < -0.39 is 10.0 Å². The molecule has 0 fully saturated rings. The van der Waals surface area contributed by atoms with Gasteiger partial charge >= 0.3 is 0 Å². The number of aromatic nitrogens is 1. The quantitative estimate of drug-likeness (QED) is 0.687. The van der Waals surface area contributed by atoms with Crippen molar-refractivity contribution in [1.82, 2.24) is 9.71 Å². The smallest absolute Gasteiger partial charge is 0.255 e. The van der Waals surface area contributed by atoms with Crippen LogP contribution in [0.15, 0.2) is 78.0 Å². The number of anilines is 1. The summed E-state index contributed by atoms with van der Waals surface area (Å²) in [7, 11) is -3.75. The van der Waals surface area contributed by atoms with Gasteiger partial charge < -0.3 is 5.32 Å². The summed E-state index contributed by atoms with van der Waals surface area (Å²) in [6.45, 7) is 2.05. The number of carbonyl (C=O) groups is 1. The largest absolute Gasteiger partial charge is 0.322 e. The number of nitrogens with one attached hydrogen (secondary N) is 2. The Labute approximate surface area is 158 Å². The third kappa shape index (κ3) is 4.99. The Morgan fingerprint density at radius 1 is 1.04 bits per heavy atom. The lowest BCUT2D eigenvalue weighted by Gasteiger charge is -2.09. The fourth-order valence-electron chi connectivity index (χ4n) is 2.49. The summed E-state index contributed by atoms with van der Waals surface area (Å²) in [5.41, 5.74) is 2.68. The summed E-state index contributed by atoms with van der Waals surface area (Å²) >= 11 is 0. The molecule has 1 amide bonds. The lowest BCUT2D eigenvalue weighted by Crippen LogP contribution is -2.23. The average Bonchev–Trinajstić information content (AvgIpc) is 2.67. The van der Waals surface area contributed by atoms with Crippen LogP contribution in [0.3, 0.4) is 0 Å². The van der Waals surface area contributed by atoms with E-state index in [0.717, 1.165) is 11.1 Å². The zero-order chi connectivity index (χ0) is 19.3. The molecular weight excluding hydrogens is 362 g/mol. The van der Waals surface area contributed by atoms with Crippen LogP contribution in [0.5, 0.6) is 0 Å². The third-order valence-corrected chi connectivity index (χ3v) is 5.27. The number of sulfonamides is 1. The number of aryl methyl sites for hydroxylation is 1. The van der Waals surface area contributed by atoms with Crippen molar-refractivity contribution in [2.75, 3.05) is 5.32 Å². The molecule has 1 aromatic heterocycles. The van der Waals surface area contributed by atoms with Gasteiger partial charge in [-0.25, -0.2) is 13.1 Å². The minimum Gasteiger partial charge on any atom is -0.322 e. The fourth-order valence-corrected chi connectivity index (χ4v) is 3.56. The van der Waals surface area contributed by atoms with Gasteiger partial charge in [0.1, 0.15) is 0 Å². The minimum absolute atomic E-state index is 0.0308. The van der Waals surface area contributed by atoms with Crippen molar-refractivity contribution in [3.63, 3.8) is 0 Å². The number of carbonyl (C=O) groups excluding carboxylic acids is 1. The summed E-state index contributed by atoms with van der Waals surface area (Å²) in [6.07, 6.45) is 3.21. The Morgan fingerprint density at radius 2 is 1.85 bits per heavy atom. The van der Waals surface area contributed by atoms with E-state index in [1.807, 2.05) is 25.1 Å². The molecule has 0 saturated carbocycles. The highest BCUT2D eigenvalue weighted by Crippen LogP contribution is 2.15. The molecule has 0 unspecified atom stereocenters. The summed E-state index contributed by atoms with van der Waals surface area (Å²) in [6, 6.07) is 16.8. The number of amides is 1. The molecule has 0 bridgehead atoms. The molecule has 7 heteroatoms. The lowest BCUT2D eigenvalue weighted by molar-refractivity contribution is 0.102. The van der Waals surface area contributed by atoms with E-state index in [-0.39, 0.29) is 22.9 Å². The van der Waals surface area contributed by atoms with Crippen molar-refractivity contribution >= 4 is 21.6 Å². The van der Waals surface area contributed by atoms with Gasteiger partial charge in [0, 0.05) is 30.2 Å². The topological polar surface area (TPSA) is 88.2 Å². The average molecular weight is 381 g/mol. The van der Waals surface area contributed by atoms with E-state index in [0.29, 0.717) is 5.69 Å².